The van der Waals surface area contributed by atoms with Gasteiger partial charge in [0.1, 0.15) is 11.5 Å². The average Bonchev–Trinajstić information content (AvgIpc) is 3.58. The van der Waals surface area contributed by atoms with Gasteiger partial charge in [-0.25, -0.2) is 9.67 Å². The number of hydrogen-bond donors (Lipinski definition) is 1. The maximum atomic E-state index is 12.8. The van der Waals surface area contributed by atoms with Crippen LogP contribution in [0.15, 0.2) is 79.4 Å². The minimum atomic E-state index is -0.186. The lowest BCUT2D eigenvalue weighted by Crippen LogP contribution is -2.23. The van der Waals surface area contributed by atoms with Gasteiger partial charge in [-0.1, -0.05) is 24.3 Å². The fourth-order valence-electron chi connectivity index (χ4n) is 3.98. The second-order valence-electron chi connectivity index (χ2n) is 8.32. The molecule has 0 aliphatic rings. The largest absolute Gasteiger partial charge is 0.497 e. The van der Waals surface area contributed by atoms with Crippen molar-refractivity contribution in [1.82, 2.24) is 29.9 Å². The number of ether oxygens (including phenoxy) is 2. The SMILES string of the molecule is COc1ccc(Cn2ncc3cc(C(=O)NCc4ccc(Cn5cccn5)cc4)cnc32)c(OC)c1. The Kier molecular flexibility index (Phi) is 6.61. The smallest absolute Gasteiger partial charge is 0.253 e. The van der Waals surface area contributed by atoms with Crippen molar-refractivity contribution in [2.45, 2.75) is 19.6 Å². The van der Waals surface area contributed by atoms with Crippen LogP contribution >= 0.6 is 0 Å². The van der Waals surface area contributed by atoms with E-state index in [-0.39, 0.29) is 5.91 Å². The molecular weight excluding hydrogens is 456 g/mol. The Hall–Kier alpha value is -4.66. The van der Waals surface area contributed by atoms with E-state index in [1.165, 1.54) is 0 Å². The van der Waals surface area contributed by atoms with Crippen molar-refractivity contribution in [2.24, 2.45) is 0 Å². The minimum Gasteiger partial charge on any atom is -0.497 e. The lowest BCUT2D eigenvalue weighted by molar-refractivity contribution is 0.0950. The number of hydrogen-bond acceptors (Lipinski definition) is 6. The summed E-state index contributed by atoms with van der Waals surface area (Å²) in [6.07, 6.45) is 6.99. The molecule has 9 nitrogen and oxygen atoms in total. The van der Waals surface area contributed by atoms with Crippen molar-refractivity contribution in [3.63, 3.8) is 0 Å². The van der Waals surface area contributed by atoms with Gasteiger partial charge in [-0.2, -0.15) is 10.2 Å². The van der Waals surface area contributed by atoms with Gasteiger partial charge < -0.3 is 14.8 Å². The number of rotatable bonds is 9. The Morgan fingerprint density at radius 3 is 2.53 bits per heavy atom. The first-order valence-electron chi connectivity index (χ1n) is 11.5. The second kappa shape index (κ2) is 10.3. The summed E-state index contributed by atoms with van der Waals surface area (Å²) < 4.78 is 14.4. The van der Waals surface area contributed by atoms with E-state index in [0.717, 1.165) is 27.8 Å². The van der Waals surface area contributed by atoms with Crippen molar-refractivity contribution in [3.8, 4) is 11.5 Å². The summed E-state index contributed by atoms with van der Waals surface area (Å²) in [6.45, 7) is 1.62. The maximum absolute atomic E-state index is 12.8. The molecule has 0 atom stereocenters. The molecule has 182 valence electrons. The van der Waals surface area contributed by atoms with Crippen LogP contribution < -0.4 is 14.8 Å². The number of nitrogens with one attached hydrogen (secondary N) is 1. The predicted molar refractivity (Wildman–Crippen MR) is 135 cm³/mol. The lowest BCUT2D eigenvalue weighted by Gasteiger charge is -2.11. The minimum absolute atomic E-state index is 0.186. The van der Waals surface area contributed by atoms with Crippen LogP contribution in [0.5, 0.6) is 11.5 Å². The molecule has 0 radical (unpaired) electrons. The zero-order chi connectivity index (χ0) is 24.9. The Morgan fingerprint density at radius 1 is 0.944 bits per heavy atom. The van der Waals surface area contributed by atoms with Crippen LogP contribution in [0.1, 0.15) is 27.0 Å². The molecular formula is C27H26N6O3. The zero-order valence-corrected chi connectivity index (χ0v) is 20.1. The second-order valence-corrected chi connectivity index (χ2v) is 8.32. The number of methoxy groups -OCH3 is 2. The number of amides is 1. The molecule has 1 amide bonds. The number of carbonyl (C=O) groups is 1. The Labute approximate surface area is 208 Å². The van der Waals surface area contributed by atoms with E-state index in [0.29, 0.717) is 36.6 Å². The van der Waals surface area contributed by atoms with E-state index >= 15 is 0 Å². The summed E-state index contributed by atoms with van der Waals surface area (Å²) in [4.78, 5) is 17.3. The Bertz CT molecular complexity index is 1480. The van der Waals surface area contributed by atoms with Gasteiger partial charge in [-0.15, -0.1) is 0 Å². The molecule has 1 N–H and O–H groups in total. The number of aromatic nitrogens is 5. The van der Waals surface area contributed by atoms with Crippen LogP contribution in [0, 0.1) is 0 Å². The third-order valence-electron chi connectivity index (χ3n) is 5.93. The summed E-state index contributed by atoms with van der Waals surface area (Å²) in [6, 6.07) is 17.5. The molecule has 36 heavy (non-hydrogen) atoms. The summed E-state index contributed by atoms with van der Waals surface area (Å²) in [5.41, 5.74) is 4.29. The third-order valence-corrected chi connectivity index (χ3v) is 5.93. The van der Waals surface area contributed by atoms with E-state index in [4.69, 9.17) is 9.47 Å². The summed E-state index contributed by atoms with van der Waals surface area (Å²) >= 11 is 0. The number of nitrogens with zero attached hydrogens (tertiary/aromatic N) is 5. The van der Waals surface area contributed by atoms with E-state index in [2.05, 4.69) is 20.5 Å². The van der Waals surface area contributed by atoms with Crippen LogP contribution in [0.4, 0.5) is 0 Å². The summed E-state index contributed by atoms with van der Waals surface area (Å²) in [5.74, 6) is 1.25. The molecule has 0 aliphatic carbocycles. The zero-order valence-electron chi connectivity index (χ0n) is 20.1. The quantitative estimate of drug-likeness (QED) is 0.344. The molecule has 0 aliphatic heterocycles. The van der Waals surface area contributed by atoms with Gasteiger partial charge in [0.2, 0.25) is 0 Å². The summed E-state index contributed by atoms with van der Waals surface area (Å²) in [5, 5.41) is 12.4. The molecule has 5 aromatic rings. The number of fused-ring (bicyclic) bond motifs is 1. The maximum Gasteiger partial charge on any atom is 0.253 e. The average molecular weight is 483 g/mol. The number of benzene rings is 2. The molecule has 5 rings (SSSR count). The van der Waals surface area contributed by atoms with Gasteiger partial charge >= 0.3 is 0 Å². The van der Waals surface area contributed by atoms with Crippen LogP contribution in [-0.2, 0) is 19.6 Å². The molecule has 3 heterocycles. The van der Waals surface area contributed by atoms with Gasteiger partial charge in [0.25, 0.3) is 5.91 Å². The van der Waals surface area contributed by atoms with Gasteiger partial charge in [-0.3, -0.25) is 9.48 Å². The van der Waals surface area contributed by atoms with Gasteiger partial charge in [-0.05, 0) is 35.4 Å². The molecule has 9 heteroatoms. The third kappa shape index (κ3) is 5.05. The highest BCUT2D eigenvalue weighted by Crippen LogP contribution is 2.26. The van der Waals surface area contributed by atoms with Gasteiger partial charge in [0.05, 0.1) is 39.1 Å². The highest BCUT2D eigenvalue weighted by atomic mass is 16.5. The van der Waals surface area contributed by atoms with E-state index in [1.807, 2.05) is 59.4 Å². The molecule has 0 saturated carbocycles. The number of pyridine rings is 1. The monoisotopic (exact) mass is 482 g/mol. The van der Waals surface area contributed by atoms with Crippen molar-refractivity contribution in [1.29, 1.82) is 0 Å². The topological polar surface area (TPSA) is 96.1 Å². The predicted octanol–water partition coefficient (Wildman–Crippen LogP) is 3.67. The summed E-state index contributed by atoms with van der Waals surface area (Å²) in [7, 11) is 3.24. The lowest BCUT2D eigenvalue weighted by atomic mass is 10.1. The fourth-order valence-corrected chi connectivity index (χ4v) is 3.98. The van der Waals surface area contributed by atoms with Crippen molar-refractivity contribution in [3.05, 3.63) is 102 Å². The first-order chi connectivity index (χ1) is 17.6. The molecule has 2 aromatic carbocycles. The highest BCUT2D eigenvalue weighted by molar-refractivity contribution is 5.96. The van der Waals surface area contributed by atoms with Gasteiger partial charge in [0, 0.05) is 42.2 Å². The Morgan fingerprint density at radius 2 is 1.78 bits per heavy atom. The van der Waals surface area contributed by atoms with Gasteiger partial charge in [0.15, 0.2) is 5.65 Å². The van der Waals surface area contributed by atoms with E-state index in [9.17, 15) is 4.79 Å². The highest BCUT2D eigenvalue weighted by Gasteiger charge is 2.13. The molecule has 0 spiro atoms. The first kappa shape index (κ1) is 23.1. The molecule has 0 unspecified atom stereocenters. The van der Waals surface area contributed by atoms with Crippen molar-refractivity contribution >= 4 is 16.9 Å². The molecule has 3 aromatic heterocycles. The first-order valence-corrected chi connectivity index (χ1v) is 11.5. The number of carbonyl (C=O) groups excluding carboxylic acids is 1. The molecule has 0 saturated heterocycles. The van der Waals surface area contributed by atoms with E-state index < -0.39 is 0 Å². The fraction of sp³-hybridized carbons (Fsp3) is 0.185. The van der Waals surface area contributed by atoms with Crippen LogP contribution in [0.2, 0.25) is 0 Å². The van der Waals surface area contributed by atoms with E-state index in [1.54, 1.807) is 43.6 Å². The normalized spacial score (nSPS) is 10.9. The molecule has 0 fully saturated rings. The van der Waals surface area contributed by atoms with Crippen molar-refractivity contribution in [2.75, 3.05) is 14.2 Å². The standard InChI is InChI=1S/C27H26N6O3/c1-35-24-9-8-21(25(13-24)36-2)18-33-26-22(16-31-33)12-23(15-28-26)27(34)29-14-19-4-6-20(7-5-19)17-32-11-3-10-30-32/h3-13,15-16H,14,17-18H2,1-2H3,(H,29,34). The van der Waals surface area contributed by atoms with Crippen LogP contribution in [0.25, 0.3) is 11.0 Å². The van der Waals surface area contributed by atoms with Crippen LogP contribution in [-0.4, -0.2) is 44.7 Å². The van der Waals surface area contributed by atoms with Crippen molar-refractivity contribution < 1.29 is 14.3 Å². The molecule has 0 bridgehead atoms. The Balaban J connectivity index is 1.23. The van der Waals surface area contributed by atoms with Crippen LogP contribution in [0.3, 0.4) is 0 Å².